The number of rotatable bonds is 4. The number of benzene rings is 2. The van der Waals surface area contributed by atoms with E-state index in [9.17, 15) is 13.8 Å². The molecule has 0 spiro atoms. The number of nitrogens with one attached hydrogen (secondary N) is 1. The van der Waals surface area contributed by atoms with Crippen molar-refractivity contribution in [3.8, 4) is 0 Å². The second-order valence-corrected chi connectivity index (χ2v) is 15.9. The van der Waals surface area contributed by atoms with E-state index in [2.05, 4.69) is 89.6 Å². The van der Waals surface area contributed by atoms with E-state index < -0.39 is 12.4 Å². The first-order valence-electron chi connectivity index (χ1n) is 12.1. The number of hydrogen-bond donors (Lipinski definition) is 1. The number of pyridine rings is 2. The number of halogens is 5. The summed E-state index contributed by atoms with van der Waals surface area (Å²) in [6.45, 7) is 8.85. The van der Waals surface area contributed by atoms with Crippen molar-refractivity contribution in [2.75, 3.05) is 7.15 Å². The van der Waals surface area contributed by atoms with Gasteiger partial charge in [-0.05, 0) is 99.9 Å². The fraction of sp³-hybridized carbons (Fsp3) is 0.333. The number of fused-ring (bicyclic) bond motifs is 2. The van der Waals surface area contributed by atoms with Crippen LogP contribution in [-0.2, 0) is 17.4 Å². The third-order valence-corrected chi connectivity index (χ3v) is 5.11. The molecule has 0 aliphatic heterocycles. The summed E-state index contributed by atoms with van der Waals surface area (Å²) in [5.74, 6) is 1.29. The third-order valence-electron chi connectivity index (χ3n) is 4.90. The van der Waals surface area contributed by atoms with Gasteiger partial charge in [-0.3, -0.25) is 13.8 Å². The minimum absolute atomic E-state index is 0.0378. The van der Waals surface area contributed by atoms with Crippen LogP contribution in [0.4, 0.5) is 4.39 Å². The second-order valence-electron chi connectivity index (χ2n) is 8.91. The normalized spacial score (nSPS) is 11.2. The van der Waals surface area contributed by atoms with Crippen LogP contribution in [0.2, 0.25) is 5.15 Å². The van der Waals surface area contributed by atoms with Gasteiger partial charge in [-0.2, -0.15) is 0 Å². The van der Waals surface area contributed by atoms with Crippen LogP contribution in [0.3, 0.4) is 0 Å². The first kappa shape index (κ1) is 31.6. The fourth-order valence-corrected chi connectivity index (χ4v) is 3.84. The van der Waals surface area contributed by atoms with Gasteiger partial charge in [0.1, 0.15) is 5.15 Å². The Morgan fingerprint density at radius 2 is 1.38 bits per heavy atom. The van der Waals surface area contributed by atoms with Crippen LogP contribution in [-0.4, -0.2) is 17.1 Å². The Morgan fingerprint density at radius 3 is 1.92 bits per heavy atom. The van der Waals surface area contributed by atoms with Crippen LogP contribution in [0.1, 0.15) is 40.2 Å². The Hall–Kier alpha value is -1.62. The van der Waals surface area contributed by atoms with E-state index in [1.807, 2.05) is 36.4 Å². The minimum Gasteiger partial charge on any atom is -0.322 e. The Balaban J connectivity index is 0.000000298. The molecular weight excluding hydrogens is 576 g/mol. The van der Waals surface area contributed by atoms with Crippen molar-refractivity contribution in [3.05, 3.63) is 87.3 Å². The summed E-state index contributed by atoms with van der Waals surface area (Å²) in [6.07, 6.45) is 2.13. The summed E-state index contributed by atoms with van der Waals surface area (Å²) in [5.41, 5.74) is 4.54. The maximum atomic E-state index is 11.2. The molecule has 2 heterocycles. The van der Waals surface area contributed by atoms with Crippen LogP contribution >= 0.6 is 50.5 Å². The molecule has 0 fully saturated rings. The van der Waals surface area contributed by atoms with E-state index >= 15 is 0 Å². The molecule has 0 saturated heterocycles. The highest BCUT2D eigenvalue weighted by Crippen LogP contribution is 2.61. The van der Waals surface area contributed by atoms with E-state index in [4.69, 9.17) is 13.0 Å². The second kappa shape index (κ2) is 16.4. The van der Waals surface area contributed by atoms with Crippen LogP contribution < -0.4 is 5.56 Å². The lowest BCUT2D eigenvalue weighted by Gasteiger charge is -2.08. The molecule has 4 aromatic rings. The van der Waals surface area contributed by atoms with Crippen molar-refractivity contribution in [1.82, 2.24) is 9.97 Å². The smallest absolute Gasteiger partial charge is 0.322 e. The van der Waals surface area contributed by atoms with E-state index in [1.54, 1.807) is 6.07 Å². The van der Waals surface area contributed by atoms with Crippen molar-refractivity contribution in [1.29, 1.82) is 0 Å². The lowest BCUT2D eigenvalue weighted by atomic mass is 9.99. The zero-order valence-corrected chi connectivity index (χ0v) is 25.1. The van der Waals surface area contributed by atoms with E-state index in [0.29, 0.717) is 17.0 Å². The topological polar surface area (TPSA) is 62.8 Å². The Bertz CT molecular complexity index is 1390. The van der Waals surface area contributed by atoms with E-state index in [0.717, 1.165) is 29.3 Å². The summed E-state index contributed by atoms with van der Waals surface area (Å²) < 4.78 is 25.0. The Labute approximate surface area is 238 Å². The van der Waals surface area contributed by atoms with Gasteiger partial charge in [0.05, 0.1) is 14.0 Å². The monoisotopic (exact) mass is 607 g/mol. The maximum Gasteiger partial charge on any atom is 0.339 e. The highest BCUT2D eigenvalue weighted by atomic mass is 36.0. The predicted molar refractivity (Wildman–Crippen MR) is 161 cm³/mol. The SMILES string of the molecule is CC(C)Cc1cccc2[nH]c(=O)ccc12.CC(C)Cc1cccc2nc(Cl)ccc12.O=P(Cl)(Cl)Cl.[2H]CF. The minimum atomic E-state index is -3.22. The molecule has 202 valence electrons. The van der Waals surface area contributed by atoms with Gasteiger partial charge in [0.15, 0.2) is 0 Å². The Kier molecular flexibility index (Phi) is 14.0. The number of H-pyrrole nitrogens is 1. The number of nitrogens with zero attached hydrogens (tertiary/aromatic N) is 1. The van der Waals surface area contributed by atoms with Crippen molar-refractivity contribution >= 4 is 72.3 Å². The Morgan fingerprint density at radius 1 is 0.892 bits per heavy atom. The number of aromatic nitrogens is 2. The van der Waals surface area contributed by atoms with Crippen molar-refractivity contribution in [2.24, 2.45) is 11.8 Å². The summed E-state index contributed by atoms with van der Waals surface area (Å²) >= 11 is 19.7. The molecule has 0 atom stereocenters. The molecule has 2 aromatic carbocycles. The number of aromatic amines is 1. The third kappa shape index (κ3) is 13.1. The van der Waals surface area contributed by atoms with Crippen LogP contribution in [0.15, 0.2) is 65.5 Å². The lowest BCUT2D eigenvalue weighted by Crippen LogP contribution is -2.04. The van der Waals surface area contributed by atoms with E-state index in [-0.39, 0.29) is 5.56 Å². The molecule has 0 amide bonds. The van der Waals surface area contributed by atoms with Crippen LogP contribution in [0, 0.1) is 11.8 Å². The zero-order chi connectivity index (χ0) is 28.9. The molecule has 1 N–H and O–H groups in total. The molecule has 4 rings (SSSR count). The van der Waals surface area contributed by atoms with Crippen molar-refractivity contribution < 1.29 is 10.3 Å². The van der Waals surface area contributed by atoms with E-state index in [1.165, 1.54) is 16.5 Å². The zero-order valence-electron chi connectivity index (χ0n) is 22.2. The predicted octanol–water partition coefficient (Wildman–Crippen LogP) is 10.2. The maximum absolute atomic E-state index is 11.2. The lowest BCUT2D eigenvalue weighted by molar-refractivity contribution is 0.600. The molecule has 0 radical (unpaired) electrons. The van der Waals surface area contributed by atoms with Crippen molar-refractivity contribution in [2.45, 2.75) is 40.5 Å². The van der Waals surface area contributed by atoms with Gasteiger partial charge in [-0.25, -0.2) is 4.98 Å². The highest BCUT2D eigenvalue weighted by Gasteiger charge is 2.05. The van der Waals surface area contributed by atoms with Crippen LogP contribution in [0.25, 0.3) is 21.8 Å². The van der Waals surface area contributed by atoms with Crippen LogP contribution in [0.5, 0.6) is 0 Å². The first-order chi connectivity index (χ1) is 17.7. The number of hydrogen-bond acceptors (Lipinski definition) is 3. The van der Waals surface area contributed by atoms with Gasteiger partial charge < -0.3 is 4.98 Å². The molecule has 37 heavy (non-hydrogen) atoms. The summed E-state index contributed by atoms with van der Waals surface area (Å²) in [5, 5.41) is -0.286. The van der Waals surface area contributed by atoms with Gasteiger partial charge in [0.2, 0.25) is 5.56 Å². The summed E-state index contributed by atoms with van der Waals surface area (Å²) in [4.78, 5) is 18.3. The first-order valence-corrected chi connectivity index (χ1v) is 16.2. The summed E-state index contributed by atoms with van der Waals surface area (Å²) in [7, 11) is -1.00. The standard InChI is InChI=1S/C13H14ClN.C13H15NO.CH3F.Cl3OP/c1-9(2)8-10-4-3-5-12-11(10)6-7-13(14)15-12;1-9(2)8-10-4-3-5-12-11(10)6-7-13(15)14-12;1-2;1-5(2,3)4/h3-7,9H,8H2,1-2H3;3-7,9H,8H2,1-2H3,(H,14,15);1H3;/i;;1D;. The van der Waals surface area contributed by atoms with Gasteiger partial charge >= 0.3 is 5.20 Å². The van der Waals surface area contributed by atoms with Gasteiger partial charge in [-0.1, -0.05) is 63.6 Å². The van der Waals surface area contributed by atoms with Gasteiger partial charge in [-0.15, -0.1) is 0 Å². The van der Waals surface area contributed by atoms with Gasteiger partial charge in [0.25, 0.3) is 0 Å². The molecule has 0 saturated carbocycles. The quantitative estimate of drug-likeness (QED) is 0.185. The molecule has 10 heteroatoms. The largest absolute Gasteiger partial charge is 0.339 e. The number of alkyl halides is 1. The highest BCUT2D eigenvalue weighted by molar-refractivity contribution is 8.24. The molecule has 0 aliphatic rings. The molecule has 0 aliphatic carbocycles. The molecular formula is C27H32Cl4FN2O2P. The average Bonchev–Trinajstić information content (AvgIpc) is 2.78. The fourth-order valence-electron chi connectivity index (χ4n) is 3.68. The average molecular weight is 609 g/mol. The molecule has 4 nitrogen and oxygen atoms in total. The molecule has 2 aromatic heterocycles. The van der Waals surface area contributed by atoms with Crippen molar-refractivity contribution in [3.63, 3.8) is 0 Å². The molecule has 0 unspecified atom stereocenters. The van der Waals surface area contributed by atoms with Gasteiger partial charge in [0, 0.05) is 22.4 Å². The molecule has 0 bridgehead atoms. The summed E-state index contributed by atoms with van der Waals surface area (Å²) in [6, 6.07) is 19.7.